The summed E-state index contributed by atoms with van der Waals surface area (Å²) in [5.74, 6) is 0.798. The zero-order valence-electron chi connectivity index (χ0n) is 17.6. The Kier molecular flexibility index (Phi) is 8.10. The molecule has 0 unspecified atom stereocenters. The number of nitrogens with zero attached hydrogens (tertiary/aromatic N) is 1. The van der Waals surface area contributed by atoms with Gasteiger partial charge in [-0.1, -0.05) is 13.8 Å². The first kappa shape index (κ1) is 24.0. The predicted molar refractivity (Wildman–Crippen MR) is 116 cm³/mol. The Balaban J connectivity index is 2.28. The third-order valence-electron chi connectivity index (χ3n) is 4.27. The molecule has 0 heterocycles. The van der Waals surface area contributed by atoms with E-state index in [9.17, 15) is 16.8 Å². The lowest BCUT2D eigenvalue weighted by Gasteiger charge is -2.18. The molecule has 0 saturated carbocycles. The molecular weight excluding hydrogens is 428 g/mol. The first-order chi connectivity index (χ1) is 14.2. The average molecular weight is 457 g/mol. The lowest BCUT2D eigenvalue weighted by atomic mass is 10.3. The van der Waals surface area contributed by atoms with Crippen LogP contribution in [0.4, 0.5) is 5.69 Å². The Morgan fingerprint density at radius 3 is 1.83 bits per heavy atom. The van der Waals surface area contributed by atoms with E-state index in [2.05, 4.69) is 4.72 Å². The van der Waals surface area contributed by atoms with Crippen LogP contribution in [0.5, 0.6) is 11.5 Å². The SMILES string of the molecule is CCOc1ccc(S(=O)(=O)Nc2ccc(S(=O)(=O)N(CC)CC)cc2)cc1OCC. The van der Waals surface area contributed by atoms with Crippen LogP contribution in [0.15, 0.2) is 52.3 Å². The van der Waals surface area contributed by atoms with E-state index in [-0.39, 0.29) is 15.5 Å². The van der Waals surface area contributed by atoms with E-state index in [0.29, 0.717) is 37.8 Å². The minimum Gasteiger partial charge on any atom is -0.490 e. The van der Waals surface area contributed by atoms with Crippen LogP contribution in [0.2, 0.25) is 0 Å². The number of sulfonamides is 2. The number of anilines is 1. The Labute approximate surface area is 178 Å². The zero-order valence-corrected chi connectivity index (χ0v) is 19.2. The molecule has 0 spiro atoms. The molecule has 8 nitrogen and oxygen atoms in total. The second-order valence-electron chi connectivity index (χ2n) is 6.19. The maximum atomic E-state index is 12.8. The lowest BCUT2D eigenvalue weighted by Crippen LogP contribution is -2.30. The molecule has 30 heavy (non-hydrogen) atoms. The van der Waals surface area contributed by atoms with E-state index in [1.807, 2.05) is 6.92 Å². The molecule has 0 radical (unpaired) electrons. The van der Waals surface area contributed by atoms with Crippen LogP contribution in [0.3, 0.4) is 0 Å². The third-order valence-corrected chi connectivity index (χ3v) is 7.72. The largest absolute Gasteiger partial charge is 0.490 e. The fourth-order valence-corrected chi connectivity index (χ4v) is 5.35. The summed E-state index contributed by atoms with van der Waals surface area (Å²) in [6.45, 7) is 8.63. The summed E-state index contributed by atoms with van der Waals surface area (Å²) in [7, 11) is -7.52. The highest BCUT2D eigenvalue weighted by molar-refractivity contribution is 7.92. The highest BCUT2D eigenvalue weighted by atomic mass is 32.2. The van der Waals surface area contributed by atoms with Gasteiger partial charge in [0.1, 0.15) is 0 Å². The molecule has 1 N–H and O–H groups in total. The Morgan fingerprint density at radius 2 is 1.30 bits per heavy atom. The molecule has 2 aromatic rings. The van der Waals surface area contributed by atoms with Crippen molar-refractivity contribution in [3.8, 4) is 11.5 Å². The monoisotopic (exact) mass is 456 g/mol. The fraction of sp³-hybridized carbons (Fsp3) is 0.400. The number of rotatable bonds is 11. The van der Waals surface area contributed by atoms with Crippen molar-refractivity contribution >= 4 is 25.7 Å². The standard InChI is InChI=1S/C20H28N2O6S2/c1-5-22(6-2)30(25,26)17-11-9-16(10-12-17)21-29(23,24)18-13-14-19(27-7-3)20(15-18)28-8-4/h9-15,21H,5-8H2,1-4H3. The van der Waals surface area contributed by atoms with Crippen molar-refractivity contribution < 1.29 is 26.3 Å². The van der Waals surface area contributed by atoms with Crippen LogP contribution in [0, 0.1) is 0 Å². The smallest absolute Gasteiger partial charge is 0.262 e. The second-order valence-corrected chi connectivity index (χ2v) is 9.81. The maximum Gasteiger partial charge on any atom is 0.262 e. The number of benzene rings is 2. The predicted octanol–water partition coefficient (Wildman–Crippen LogP) is 3.32. The van der Waals surface area contributed by atoms with Gasteiger partial charge in [0.05, 0.1) is 23.0 Å². The molecule has 0 atom stereocenters. The molecule has 2 rings (SSSR count). The first-order valence-corrected chi connectivity index (χ1v) is 12.6. The number of ether oxygens (including phenoxy) is 2. The minimum atomic E-state index is -3.91. The highest BCUT2D eigenvalue weighted by Crippen LogP contribution is 2.31. The van der Waals surface area contributed by atoms with Crippen LogP contribution in [-0.2, 0) is 20.0 Å². The van der Waals surface area contributed by atoms with Crippen molar-refractivity contribution in [3.63, 3.8) is 0 Å². The van der Waals surface area contributed by atoms with Gasteiger partial charge in [-0.2, -0.15) is 4.31 Å². The van der Waals surface area contributed by atoms with Gasteiger partial charge >= 0.3 is 0 Å². The molecule has 0 aliphatic carbocycles. The van der Waals surface area contributed by atoms with Crippen LogP contribution >= 0.6 is 0 Å². The summed E-state index contributed by atoms with van der Waals surface area (Å²) in [4.78, 5) is 0.114. The molecule has 0 amide bonds. The van der Waals surface area contributed by atoms with Gasteiger partial charge < -0.3 is 9.47 Å². The van der Waals surface area contributed by atoms with Gasteiger partial charge in [0.25, 0.3) is 10.0 Å². The number of nitrogens with one attached hydrogen (secondary N) is 1. The van der Waals surface area contributed by atoms with Crippen molar-refractivity contribution in [2.24, 2.45) is 0 Å². The first-order valence-electron chi connectivity index (χ1n) is 9.72. The van der Waals surface area contributed by atoms with E-state index < -0.39 is 20.0 Å². The summed E-state index contributed by atoms with van der Waals surface area (Å²) >= 11 is 0. The molecule has 0 fully saturated rings. The lowest BCUT2D eigenvalue weighted by molar-refractivity contribution is 0.287. The molecular formula is C20H28N2O6S2. The molecule has 166 valence electrons. The van der Waals surface area contributed by atoms with Crippen LogP contribution in [0.25, 0.3) is 0 Å². The second kappa shape index (κ2) is 10.1. The van der Waals surface area contributed by atoms with Gasteiger partial charge in [-0.25, -0.2) is 16.8 Å². The van der Waals surface area contributed by atoms with Gasteiger partial charge in [0.15, 0.2) is 11.5 Å². The number of hydrogen-bond acceptors (Lipinski definition) is 6. The van der Waals surface area contributed by atoms with Crippen molar-refractivity contribution in [1.82, 2.24) is 4.31 Å². The highest BCUT2D eigenvalue weighted by Gasteiger charge is 2.22. The van der Waals surface area contributed by atoms with Crippen molar-refractivity contribution in [2.45, 2.75) is 37.5 Å². The average Bonchev–Trinajstić information content (AvgIpc) is 2.70. The molecule has 0 aliphatic heterocycles. The van der Waals surface area contributed by atoms with E-state index >= 15 is 0 Å². The van der Waals surface area contributed by atoms with Crippen LogP contribution in [-0.4, -0.2) is 47.4 Å². The van der Waals surface area contributed by atoms with E-state index in [4.69, 9.17) is 9.47 Å². The summed E-state index contributed by atoms with van der Waals surface area (Å²) in [5, 5.41) is 0. The topological polar surface area (TPSA) is 102 Å². The normalized spacial score (nSPS) is 12.0. The van der Waals surface area contributed by atoms with Crippen molar-refractivity contribution in [1.29, 1.82) is 0 Å². The Morgan fingerprint density at radius 1 is 0.767 bits per heavy atom. The molecule has 0 aliphatic rings. The molecule has 0 aromatic heterocycles. The summed E-state index contributed by atoms with van der Waals surface area (Å²) < 4.78 is 65.4. The Hall–Kier alpha value is -2.30. The molecule has 10 heteroatoms. The van der Waals surface area contributed by atoms with Gasteiger partial charge in [-0.3, -0.25) is 4.72 Å². The van der Waals surface area contributed by atoms with Crippen LogP contribution in [0.1, 0.15) is 27.7 Å². The fourth-order valence-electron chi connectivity index (χ4n) is 2.82. The van der Waals surface area contributed by atoms with Gasteiger partial charge in [-0.05, 0) is 50.2 Å². The van der Waals surface area contributed by atoms with E-state index in [1.165, 1.54) is 40.7 Å². The Bertz CT molecular complexity index is 1050. The van der Waals surface area contributed by atoms with E-state index in [0.717, 1.165) is 0 Å². The molecule has 0 saturated heterocycles. The molecule has 2 aromatic carbocycles. The summed E-state index contributed by atoms with van der Waals surface area (Å²) in [6, 6.07) is 9.98. The van der Waals surface area contributed by atoms with Crippen LogP contribution < -0.4 is 14.2 Å². The van der Waals surface area contributed by atoms with Crippen molar-refractivity contribution in [2.75, 3.05) is 31.0 Å². The summed E-state index contributed by atoms with van der Waals surface area (Å²) in [6.07, 6.45) is 0. The molecule has 0 bridgehead atoms. The van der Waals surface area contributed by atoms with Gasteiger partial charge in [0.2, 0.25) is 10.0 Å². The number of hydrogen-bond donors (Lipinski definition) is 1. The third kappa shape index (κ3) is 5.44. The van der Waals surface area contributed by atoms with Crippen molar-refractivity contribution in [3.05, 3.63) is 42.5 Å². The zero-order chi connectivity index (χ0) is 22.4. The quantitative estimate of drug-likeness (QED) is 0.557. The summed E-state index contributed by atoms with van der Waals surface area (Å²) in [5.41, 5.74) is 0.250. The van der Waals surface area contributed by atoms with Gasteiger partial charge in [-0.15, -0.1) is 0 Å². The van der Waals surface area contributed by atoms with E-state index in [1.54, 1.807) is 26.8 Å². The maximum absolute atomic E-state index is 12.8. The van der Waals surface area contributed by atoms with Gasteiger partial charge in [0, 0.05) is 24.8 Å². The minimum absolute atomic E-state index is 0.00856.